The molecule has 0 aliphatic heterocycles. The van der Waals surface area contributed by atoms with Crippen LogP contribution in [0, 0.1) is 13.8 Å². The summed E-state index contributed by atoms with van der Waals surface area (Å²) in [5, 5.41) is 0. The van der Waals surface area contributed by atoms with Crippen molar-refractivity contribution in [2.24, 2.45) is 0 Å². The van der Waals surface area contributed by atoms with Crippen molar-refractivity contribution in [1.29, 1.82) is 0 Å². The van der Waals surface area contributed by atoms with Gasteiger partial charge >= 0.3 is 5.97 Å². The molecule has 1 rings (SSSR count). The van der Waals surface area contributed by atoms with E-state index >= 15 is 0 Å². The van der Waals surface area contributed by atoms with Crippen LogP contribution < -0.4 is 0 Å². The number of carbonyl (C=O) groups excluding carboxylic acids is 2. The minimum Gasteiger partial charge on any atom is -0.466 e. The lowest BCUT2D eigenvalue weighted by Gasteiger charge is -2.05. The highest BCUT2D eigenvalue weighted by molar-refractivity contribution is 5.96. The quantitative estimate of drug-likeness (QED) is 0.573. The Bertz CT molecular complexity index is 435. The molecule has 0 unspecified atom stereocenters. The molecule has 0 fully saturated rings. The third-order valence-corrected chi connectivity index (χ3v) is 2.92. The summed E-state index contributed by atoms with van der Waals surface area (Å²) in [4.78, 5) is 23.0. The second-order valence-electron chi connectivity index (χ2n) is 4.38. The van der Waals surface area contributed by atoms with E-state index in [1.807, 2.05) is 32.0 Å². The summed E-state index contributed by atoms with van der Waals surface area (Å²) in [6.07, 6.45) is 1.25. The largest absolute Gasteiger partial charge is 0.466 e. The van der Waals surface area contributed by atoms with Gasteiger partial charge in [-0.2, -0.15) is 0 Å². The zero-order chi connectivity index (χ0) is 13.5. The van der Waals surface area contributed by atoms with Crippen molar-refractivity contribution in [2.45, 2.75) is 40.0 Å². The van der Waals surface area contributed by atoms with Crippen molar-refractivity contribution in [3.05, 3.63) is 34.9 Å². The highest BCUT2D eigenvalue weighted by atomic mass is 16.5. The maximum Gasteiger partial charge on any atom is 0.305 e. The van der Waals surface area contributed by atoms with Crippen LogP contribution in [-0.2, 0) is 9.53 Å². The van der Waals surface area contributed by atoms with Crippen molar-refractivity contribution < 1.29 is 14.3 Å². The fourth-order valence-corrected chi connectivity index (χ4v) is 1.69. The number of ether oxygens (including phenoxy) is 1. The molecule has 0 radical (unpaired) electrons. The number of aryl methyl sites for hydroxylation is 2. The molecular weight excluding hydrogens is 228 g/mol. The van der Waals surface area contributed by atoms with Gasteiger partial charge in [0.2, 0.25) is 0 Å². The maximum atomic E-state index is 11.9. The molecule has 1 aromatic rings. The number of hydrogen-bond donors (Lipinski definition) is 0. The molecule has 0 N–H and O–H groups in total. The summed E-state index contributed by atoms with van der Waals surface area (Å²) in [5.74, 6) is -0.146. The Morgan fingerprint density at radius 2 is 1.83 bits per heavy atom. The van der Waals surface area contributed by atoms with E-state index in [0.717, 1.165) is 11.1 Å². The van der Waals surface area contributed by atoms with Crippen LogP contribution in [-0.4, -0.2) is 18.4 Å². The lowest BCUT2D eigenvalue weighted by molar-refractivity contribution is -0.143. The minimum absolute atomic E-state index is 0.0856. The molecule has 0 atom stereocenters. The van der Waals surface area contributed by atoms with E-state index in [1.165, 1.54) is 5.56 Å². The molecule has 18 heavy (non-hydrogen) atoms. The Hall–Kier alpha value is -1.64. The zero-order valence-corrected chi connectivity index (χ0v) is 11.3. The van der Waals surface area contributed by atoms with Gasteiger partial charge in [0.15, 0.2) is 5.78 Å². The van der Waals surface area contributed by atoms with Gasteiger partial charge in [-0.25, -0.2) is 0 Å². The van der Waals surface area contributed by atoms with E-state index in [2.05, 4.69) is 0 Å². The van der Waals surface area contributed by atoms with Crippen LogP contribution in [0.4, 0.5) is 0 Å². The van der Waals surface area contributed by atoms with Crippen LogP contribution in [0.15, 0.2) is 18.2 Å². The smallest absolute Gasteiger partial charge is 0.305 e. The molecule has 0 saturated heterocycles. The summed E-state index contributed by atoms with van der Waals surface area (Å²) in [6, 6.07) is 5.70. The van der Waals surface area contributed by atoms with E-state index in [0.29, 0.717) is 25.9 Å². The number of hydrogen-bond acceptors (Lipinski definition) is 3. The molecule has 0 saturated carbocycles. The molecule has 3 nitrogen and oxygen atoms in total. The summed E-state index contributed by atoms with van der Waals surface area (Å²) in [5.41, 5.74) is 3.02. The van der Waals surface area contributed by atoms with Gasteiger partial charge < -0.3 is 4.74 Å². The molecule has 0 aromatic heterocycles. The molecule has 0 bridgehead atoms. The van der Waals surface area contributed by atoms with Crippen LogP contribution >= 0.6 is 0 Å². The lowest BCUT2D eigenvalue weighted by Crippen LogP contribution is -2.06. The monoisotopic (exact) mass is 248 g/mol. The van der Waals surface area contributed by atoms with Gasteiger partial charge in [-0.05, 0) is 44.4 Å². The minimum atomic E-state index is -0.231. The number of benzene rings is 1. The first-order valence-corrected chi connectivity index (χ1v) is 6.30. The van der Waals surface area contributed by atoms with Crippen molar-refractivity contribution in [2.75, 3.05) is 6.61 Å². The highest BCUT2D eigenvalue weighted by Gasteiger charge is 2.08. The normalized spacial score (nSPS) is 10.2. The Morgan fingerprint density at radius 3 is 2.44 bits per heavy atom. The Balaban J connectivity index is 2.45. The second-order valence-corrected chi connectivity index (χ2v) is 4.38. The topological polar surface area (TPSA) is 43.4 Å². The number of esters is 1. The van der Waals surface area contributed by atoms with Gasteiger partial charge in [0, 0.05) is 18.4 Å². The first kappa shape index (κ1) is 14.4. The summed E-state index contributed by atoms with van der Waals surface area (Å²) in [7, 11) is 0. The third kappa shape index (κ3) is 4.32. The first-order valence-electron chi connectivity index (χ1n) is 6.30. The predicted octanol–water partition coefficient (Wildman–Crippen LogP) is 3.22. The predicted molar refractivity (Wildman–Crippen MR) is 70.7 cm³/mol. The molecule has 3 heteroatoms. The molecule has 0 amide bonds. The molecule has 0 aliphatic rings. The average Bonchev–Trinajstić information content (AvgIpc) is 2.33. The van der Waals surface area contributed by atoms with Gasteiger partial charge in [-0.3, -0.25) is 9.59 Å². The molecule has 1 aromatic carbocycles. The summed E-state index contributed by atoms with van der Waals surface area (Å²) < 4.78 is 4.81. The lowest BCUT2D eigenvalue weighted by atomic mass is 10.0. The van der Waals surface area contributed by atoms with Gasteiger partial charge in [-0.15, -0.1) is 0 Å². The van der Waals surface area contributed by atoms with Crippen molar-refractivity contribution in [3.8, 4) is 0 Å². The molecular formula is C15H20O3. The fraction of sp³-hybridized carbons (Fsp3) is 0.467. The first-order chi connectivity index (χ1) is 8.54. The number of Topliss-reactive ketones (excluding diaryl/α,β-unsaturated/α-hetero) is 1. The van der Waals surface area contributed by atoms with E-state index in [9.17, 15) is 9.59 Å². The number of rotatable bonds is 6. The molecule has 0 aliphatic carbocycles. The van der Waals surface area contributed by atoms with Crippen LogP contribution in [0.25, 0.3) is 0 Å². The number of ketones is 1. The summed E-state index contributed by atoms with van der Waals surface area (Å²) in [6.45, 7) is 6.18. The third-order valence-electron chi connectivity index (χ3n) is 2.92. The Morgan fingerprint density at radius 1 is 1.11 bits per heavy atom. The molecule has 0 heterocycles. The van der Waals surface area contributed by atoms with Gasteiger partial charge in [-0.1, -0.05) is 12.1 Å². The summed E-state index contributed by atoms with van der Waals surface area (Å²) >= 11 is 0. The van der Waals surface area contributed by atoms with Crippen molar-refractivity contribution >= 4 is 11.8 Å². The van der Waals surface area contributed by atoms with Crippen LogP contribution in [0.2, 0.25) is 0 Å². The molecule has 98 valence electrons. The highest BCUT2D eigenvalue weighted by Crippen LogP contribution is 2.13. The Kier molecular flexibility index (Phi) is 5.56. The molecule has 0 spiro atoms. The second kappa shape index (κ2) is 6.94. The van der Waals surface area contributed by atoms with Gasteiger partial charge in [0.25, 0.3) is 0 Å². The van der Waals surface area contributed by atoms with Gasteiger partial charge in [0.05, 0.1) is 6.61 Å². The van der Waals surface area contributed by atoms with Crippen LogP contribution in [0.5, 0.6) is 0 Å². The van der Waals surface area contributed by atoms with Crippen LogP contribution in [0.1, 0.15) is 47.7 Å². The zero-order valence-electron chi connectivity index (χ0n) is 11.3. The Labute approximate surface area is 108 Å². The van der Waals surface area contributed by atoms with E-state index < -0.39 is 0 Å². The van der Waals surface area contributed by atoms with E-state index in [-0.39, 0.29) is 11.8 Å². The van der Waals surface area contributed by atoms with Gasteiger partial charge in [0.1, 0.15) is 0 Å². The maximum absolute atomic E-state index is 11.9. The number of carbonyl (C=O) groups is 2. The van der Waals surface area contributed by atoms with Crippen molar-refractivity contribution in [1.82, 2.24) is 0 Å². The standard InChI is InChI=1S/C15H20O3/c1-4-18-15(17)7-5-6-14(16)13-9-8-11(2)12(3)10-13/h8-10H,4-7H2,1-3H3. The average molecular weight is 248 g/mol. The van der Waals surface area contributed by atoms with Crippen LogP contribution in [0.3, 0.4) is 0 Å². The van der Waals surface area contributed by atoms with E-state index in [1.54, 1.807) is 6.92 Å². The fourth-order valence-electron chi connectivity index (χ4n) is 1.69. The van der Waals surface area contributed by atoms with E-state index in [4.69, 9.17) is 4.74 Å². The SMILES string of the molecule is CCOC(=O)CCCC(=O)c1ccc(C)c(C)c1. The van der Waals surface area contributed by atoms with Crippen molar-refractivity contribution in [3.63, 3.8) is 0 Å².